The van der Waals surface area contributed by atoms with Gasteiger partial charge in [-0.15, -0.1) is 0 Å². The van der Waals surface area contributed by atoms with Gasteiger partial charge in [0.15, 0.2) is 0 Å². The Labute approximate surface area is 119 Å². The van der Waals surface area contributed by atoms with E-state index < -0.39 is 10.0 Å². The number of benzene rings is 1. The van der Waals surface area contributed by atoms with E-state index in [0.717, 1.165) is 25.7 Å². The van der Waals surface area contributed by atoms with Crippen molar-refractivity contribution in [3.05, 3.63) is 24.3 Å². The molecule has 1 aromatic rings. The molecule has 0 aliphatic carbocycles. The number of carbonyl (C=O) groups is 1. The molecule has 1 rings (SSSR count). The van der Waals surface area contributed by atoms with Crippen LogP contribution in [0, 0.1) is 0 Å². The minimum atomic E-state index is -3.84. The molecule has 1 amide bonds. The van der Waals surface area contributed by atoms with Crippen LogP contribution in [0.4, 0.5) is 5.69 Å². The van der Waals surface area contributed by atoms with E-state index in [0.29, 0.717) is 13.0 Å². The lowest BCUT2D eigenvalue weighted by atomic mass is 10.1. The van der Waals surface area contributed by atoms with Gasteiger partial charge in [0.25, 0.3) is 0 Å². The number of anilines is 1. The molecule has 7 heteroatoms. The first-order valence-electron chi connectivity index (χ1n) is 6.57. The van der Waals surface area contributed by atoms with E-state index in [1.165, 1.54) is 12.1 Å². The molecule has 0 fully saturated rings. The van der Waals surface area contributed by atoms with E-state index in [-0.39, 0.29) is 16.5 Å². The van der Waals surface area contributed by atoms with Crippen molar-refractivity contribution in [3.8, 4) is 0 Å². The summed E-state index contributed by atoms with van der Waals surface area (Å²) in [4.78, 5) is 11.7. The summed E-state index contributed by atoms with van der Waals surface area (Å²) in [7, 11) is -3.84. The fourth-order valence-electron chi connectivity index (χ4n) is 1.81. The van der Waals surface area contributed by atoms with Crippen LogP contribution in [0.15, 0.2) is 29.2 Å². The number of para-hydroxylation sites is 1. The first kappa shape index (κ1) is 16.6. The fourth-order valence-corrected chi connectivity index (χ4v) is 2.51. The van der Waals surface area contributed by atoms with Gasteiger partial charge in [-0.1, -0.05) is 25.0 Å². The van der Waals surface area contributed by atoms with Gasteiger partial charge in [0, 0.05) is 6.42 Å². The standard InChI is InChI=1S/C13H21N3O3S/c14-10-6-2-1-3-9-13(17)16-11-7-4-5-8-12(11)20(15,18)19/h4-5,7-8H,1-3,6,9-10,14H2,(H,16,17)(H2,15,18,19). The first-order chi connectivity index (χ1) is 9.45. The summed E-state index contributed by atoms with van der Waals surface area (Å²) in [6.07, 6.45) is 3.99. The molecule has 0 aliphatic rings. The molecular formula is C13H21N3O3S. The summed E-state index contributed by atoms with van der Waals surface area (Å²) in [6.45, 7) is 0.661. The maximum absolute atomic E-state index is 11.8. The number of unbranched alkanes of at least 4 members (excludes halogenated alkanes) is 3. The Morgan fingerprint density at radius 3 is 2.40 bits per heavy atom. The molecule has 0 radical (unpaired) electrons. The third-order valence-corrected chi connectivity index (χ3v) is 3.79. The molecule has 0 saturated heterocycles. The molecular weight excluding hydrogens is 278 g/mol. The normalized spacial score (nSPS) is 11.3. The quantitative estimate of drug-likeness (QED) is 0.625. The number of sulfonamides is 1. The number of primary sulfonamides is 1. The lowest BCUT2D eigenvalue weighted by Crippen LogP contribution is -2.18. The summed E-state index contributed by atoms with van der Waals surface area (Å²) >= 11 is 0. The van der Waals surface area contributed by atoms with Crippen molar-refractivity contribution in [1.29, 1.82) is 0 Å². The third kappa shape index (κ3) is 5.68. The summed E-state index contributed by atoms with van der Waals surface area (Å²) in [5, 5.41) is 7.68. The van der Waals surface area contributed by atoms with Gasteiger partial charge in [-0.3, -0.25) is 4.79 Å². The van der Waals surface area contributed by atoms with E-state index in [4.69, 9.17) is 10.9 Å². The maximum atomic E-state index is 11.8. The predicted octanol–water partition coefficient (Wildman–Crippen LogP) is 1.18. The highest BCUT2D eigenvalue weighted by molar-refractivity contribution is 7.89. The summed E-state index contributed by atoms with van der Waals surface area (Å²) in [5.41, 5.74) is 5.61. The van der Waals surface area contributed by atoms with Crippen LogP contribution < -0.4 is 16.2 Å². The zero-order chi connectivity index (χ0) is 15.0. The second-order valence-corrected chi connectivity index (χ2v) is 6.07. The van der Waals surface area contributed by atoms with Crippen LogP contribution in [0.5, 0.6) is 0 Å². The topological polar surface area (TPSA) is 115 Å². The van der Waals surface area contributed by atoms with Gasteiger partial charge in [-0.25, -0.2) is 13.6 Å². The van der Waals surface area contributed by atoms with E-state index in [9.17, 15) is 13.2 Å². The van der Waals surface area contributed by atoms with Crippen molar-refractivity contribution < 1.29 is 13.2 Å². The number of rotatable bonds is 8. The molecule has 0 aromatic heterocycles. The Kier molecular flexibility index (Phi) is 6.63. The SMILES string of the molecule is NCCCCCCC(=O)Nc1ccccc1S(N)(=O)=O. The van der Waals surface area contributed by atoms with Crippen molar-refractivity contribution in [2.24, 2.45) is 10.9 Å². The largest absolute Gasteiger partial charge is 0.330 e. The van der Waals surface area contributed by atoms with Crippen LogP contribution >= 0.6 is 0 Å². The fraction of sp³-hybridized carbons (Fsp3) is 0.462. The first-order valence-corrected chi connectivity index (χ1v) is 8.11. The molecule has 0 bridgehead atoms. The number of carbonyl (C=O) groups excluding carboxylic acids is 1. The molecule has 1 aromatic carbocycles. The van der Waals surface area contributed by atoms with Crippen LogP contribution in [0.25, 0.3) is 0 Å². The Bertz CT molecular complexity index is 544. The highest BCUT2D eigenvalue weighted by atomic mass is 32.2. The highest BCUT2D eigenvalue weighted by Crippen LogP contribution is 2.19. The number of nitrogens with two attached hydrogens (primary N) is 2. The van der Waals surface area contributed by atoms with Crippen LogP contribution in [0.1, 0.15) is 32.1 Å². The molecule has 0 spiro atoms. The van der Waals surface area contributed by atoms with Crippen molar-refractivity contribution in [2.75, 3.05) is 11.9 Å². The van der Waals surface area contributed by atoms with Gasteiger partial charge in [-0.2, -0.15) is 0 Å². The Morgan fingerprint density at radius 2 is 1.75 bits per heavy atom. The maximum Gasteiger partial charge on any atom is 0.240 e. The molecule has 112 valence electrons. The number of amides is 1. The van der Waals surface area contributed by atoms with E-state index in [1.807, 2.05) is 0 Å². The molecule has 0 saturated carbocycles. The van der Waals surface area contributed by atoms with Gasteiger partial charge in [0.1, 0.15) is 4.90 Å². The zero-order valence-electron chi connectivity index (χ0n) is 11.3. The van der Waals surface area contributed by atoms with Crippen molar-refractivity contribution in [2.45, 2.75) is 37.0 Å². The van der Waals surface area contributed by atoms with Crippen molar-refractivity contribution in [3.63, 3.8) is 0 Å². The van der Waals surface area contributed by atoms with Gasteiger partial charge >= 0.3 is 0 Å². The van der Waals surface area contributed by atoms with Gasteiger partial charge in [0.05, 0.1) is 5.69 Å². The van der Waals surface area contributed by atoms with Crippen LogP contribution in [-0.4, -0.2) is 20.9 Å². The minimum Gasteiger partial charge on any atom is -0.330 e. The number of hydrogen-bond acceptors (Lipinski definition) is 4. The molecule has 6 nitrogen and oxygen atoms in total. The van der Waals surface area contributed by atoms with Gasteiger partial charge in [0.2, 0.25) is 15.9 Å². The Balaban J connectivity index is 2.54. The lowest BCUT2D eigenvalue weighted by molar-refractivity contribution is -0.116. The van der Waals surface area contributed by atoms with E-state index in [1.54, 1.807) is 12.1 Å². The smallest absolute Gasteiger partial charge is 0.240 e. The van der Waals surface area contributed by atoms with Gasteiger partial charge < -0.3 is 11.1 Å². The monoisotopic (exact) mass is 299 g/mol. The number of hydrogen-bond donors (Lipinski definition) is 3. The average Bonchev–Trinajstić information content (AvgIpc) is 2.38. The van der Waals surface area contributed by atoms with Crippen molar-refractivity contribution >= 4 is 21.6 Å². The van der Waals surface area contributed by atoms with Crippen molar-refractivity contribution in [1.82, 2.24) is 0 Å². The van der Waals surface area contributed by atoms with Crippen LogP contribution in [0.2, 0.25) is 0 Å². The summed E-state index contributed by atoms with van der Waals surface area (Å²) in [5.74, 6) is -0.214. The Morgan fingerprint density at radius 1 is 1.10 bits per heavy atom. The number of nitrogens with one attached hydrogen (secondary N) is 1. The average molecular weight is 299 g/mol. The molecule has 5 N–H and O–H groups in total. The molecule has 0 aliphatic heterocycles. The lowest BCUT2D eigenvalue weighted by Gasteiger charge is -2.09. The second kappa shape index (κ2) is 7.98. The molecule has 0 atom stereocenters. The predicted molar refractivity (Wildman–Crippen MR) is 78.6 cm³/mol. The Hall–Kier alpha value is -1.44. The van der Waals surface area contributed by atoms with Crippen LogP contribution in [-0.2, 0) is 14.8 Å². The van der Waals surface area contributed by atoms with E-state index in [2.05, 4.69) is 5.32 Å². The van der Waals surface area contributed by atoms with Crippen LogP contribution in [0.3, 0.4) is 0 Å². The molecule has 20 heavy (non-hydrogen) atoms. The second-order valence-electron chi connectivity index (χ2n) is 4.54. The minimum absolute atomic E-state index is 0.0727. The summed E-state index contributed by atoms with van der Waals surface area (Å²) < 4.78 is 22.8. The van der Waals surface area contributed by atoms with E-state index >= 15 is 0 Å². The van der Waals surface area contributed by atoms with Gasteiger partial charge in [-0.05, 0) is 31.5 Å². The highest BCUT2D eigenvalue weighted by Gasteiger charge is 2.14. The summed E-state index contributed by atoms with van der Waals surface area (Å²) in [6, 6.07) is 6.09. The third-order valence-electron chi connectivity index (χ3n) is 2.83. The molecule has 0 unspecified atom stereocenters. The molecule has 0 heterocycles. The zero-order valence-corrected chi connectivity index (χ0v) is 12.2.